The first kappa shape index (κ1) is 16.8. The normalized spacial score (nSPS) is 10.3. The van der Waals surface area contributed by atoms with E-state index in [2.05, 4.69) is 20.8 Å². The third kappa shape index (κ3) is 4.48. The molecule has 0 spiro atoms. The number of rotatable bonds is 5. The number of aromatic nitrogens is 2. The number of para-hydroxylation sites is 1. The second kappa shape index (κ2) is 7.67. The predicted molar refractivity (Wildman–Crippen MR) is 96.7 cm³/mol. The van der Waals surface area contributed by atoms with Crippen molar-refractivity contribution < 1.29 is 9.59 Å². The summed E-state index contributed by atoms with van der Waals surface area (Å²) in [6.07, 6.45) is 0. The van der Waals surface area contributed by atoms with Crippen LogP contribution in [0.5, 0.6) is 0 Å². The van der Waals surface area contributed by atoms with Gasteiger partial charge in [-0.1, -0.05) is 59.4 Å². The van der Waals surface area contributed by atoms with Gasteiger partial charge in [-0.3, -0.25) is 9.59 Å². The minimum absolute atomic E-state index is 0.143. The van der Waals surface area contributed by atoms with Crippen LogP contribution >= 0.6 is 11.3 Å². The second-order valence-corrected chi connectivity index (χ2v) is 6.38. The molecule has 0 aliphatic heterocycles. The summed E-state index contributed by atoms with van der Waals surface area (Å²) < 4.78 is 0. The molecule has 0 aliphatic carbocycles. The van der Waals surface area contributed by atoms with Crippen LogP contribution in [0.1, 0.15) is 30.7 Å². The van der Waals surface area contributed by atoms with Crippen molar-refractivity contribution >= 4 is 28.8 Å². The van der Waals surface area contributed by atoms with Crippen molar-refractivity contribution in [2.24, 2.45) is 0 Å². The third-order valence-electron chi connectivity index (χ3n) is 3.38. The molecule has 0 radical (unpaired) electrons. The number of carbonyl (C=O) groups excluding carboxylic acids is 2. The Balaban J connectivity index is 1.60. The van der Waals surface area contributed by atoms with Crippen LogP contribution in [-0.2, 0) is 6.54 Å². The van der Waals surface area contributed by atoms with E-state index < -0.39 is 0 Å². The number of anilines is 1. The van der Waals surface area contributed by atoms with Gasteiger partial charge in [0.2, 0.25) is 10.0 Å². The number of hydrogen-bond donors (Lipinski definition) is 2. The Bertz CT molecular complexity index is 893. The van der Waals surface area contributed by atoms with E-state index in [0.717, 1.165) is 22.5 Å². The molecule has 3 aromatic rings. The van der Waals surface area contributed by atoms with Crippen LogP contribution in [0.25, 0.3) is 0 Å². The molecule has 2 aromatic carbocycles. The standard InChI is InChI=1S/C18H16N4O2S/c1-12-6-5-7-13(10-12)11-19-15(23)17-21-22-18(25-17)16(24)20-14-8-3-2-4-9-14/h2-10H,11H2,1H3,(H,19,23)(H,20,24). The van der Waals surface area contributed by atoms with E-state index in [-0.39, 0.29) is 21.8 Å². The van der Waals surface area contributed by atoms with E-state index in [9.17, 15) is 9.59 Å². The van der Waals surface area contributed by atoms with Gasteiger partial charge < -0.3 is 10.6 Å². The highest BCUT2D eigenvalue weighted by molar-refractivity contribution is 7.15. The zero-order valence-corrected chi connectivity index (χ0v) is 14.3. The number of nitrogens with zero attached hydrogens (tertiary/aromatic N) is 2. The third-order valence-corrected chi connectivity index (χ3v) is 4.30. The summed E-state index contributed by atoms with van der Waals surface area (Å²) in [5, 5.41) is 13.4. The minimum Gasteiger partial charge on any atom is -0.346 e. The van der Waals surface area contributed by atoms with Gasteiger partial charge in [-0.15, -0.1) is 10.2 Å². The lowest BCUT2D eigenvalue weighted by atomic mass is 10.1. The number of amides is 2. The van der Waals surface area contributed by atoms with E-state index in [0.29, 0.717) is 12.2 Å². The number of nitrogens with one attached hydrogen (secondary N) is 2. The maximum absolute atomic E-state index is 12.2. The van der Waals surface area contributed by atoms with Crippen LogP contribution in [0.3, 0.4) is 0 Å². The zero-order chi connectivity index (χ0) is 17.6. The molecule has 2 N–H and O–H groups in total. The van der Waals surface area contributed by atoms with Crippen LogP contribution in [0.15, 0.2) is 54.6 Å². The summed E-state index contributed by atoms with van der Waals surface area (Å²) in [6.45, 7) is 2.39. The molecule has 7 heteroatoms. The Labute approximate surface area is 148 Å². The smallest absolute Gasteiger partial charge is 0.286 e. The van der Waals surface area contributed by atoms with Gasteiger partial charge >= 0.3 is 0 Å². The lowest BCUT2D eigenvalue weighted by molar-refractivity contribution is 0.0948. The number of aryl methyl sites for hydroxylation is 1. The molecule has 0 aliphatic rings. The van der Waals surface area contributed by atoms with Gasteiger partial charge in [0, 0.05) is 12.2 Å². The zero-order valence-electron chi connectivity index (χ0n) is 13.5. The van der Waals surface area contributed by atoms with Crippen LogP contribution in [0.4, 0.5) is 5.69 Å². The van der Waals surface area contributed by atoms with Gasteiger partial charge in [0.15, 0.2) is 0 Å². The Kier molecular flexibility index (Phi) is 5.15. The molecule has 0 unspecified atom stereocenters. The molecular weight excluding hydrogens is 336 g/mol. The Morgan fingerprint density at radius 1 is 0.960 bits per heavy atom. The molecule has 25 heavy (non-hydrogen) atoms. The summed E-state index contributed by atoms with van der Waals surface area (Å²) in [4.78, 5) is 24.3. The lowest BCUT2D eigenvalue weighted by Crippen LogP contribution is -2.22. The number of carbonyl (C=O) groups is 2. The van der Waals surface area contributed by atoms with E-state index in [1.165, 1.54) is 0 Å². The molecule has 0 fully saturated rings. The van der Waals surface area contributed by atoms with Crippen molar-refractivity contribution in [3.8, 4) is 0 Å². The maximum Gasteiger partial charge on any atom is 0.286 e. The molecule has 3 rings (SSSR count). The van der Waals surface area contributed by atoms with Gasteiger partial charge in [0.25, 0.3) is 11.8 Å². The molecule has 1 aromatic heterocycles. The van der Waals surface area contributed by atoms with Gasteiger partial charge in [-0.05, 0) is 24.6 Å². The van der Waals surface area contributed by atoms with Gasteiger partial charge in [0.05, 0.1) is 0 Å². The molecule has 126 valence electrons. The maximum atomic E-state index is 12.2. The van der Waals surface area contributed by atoms with Crippen LogP contribution in [0, 0.1) is 6.92 Å². The Morgan fingerprint density at radius 2 is 1.68 bits per heavy atom. The molecule has 0 saturated carbocycles. The first-order chi connectivity index (χ1) is 12.1. The highest BCUT2D eigenvalue weighted by Gasteiger charge is 2.17. The quantitative estimate of drug-likeness (QED) is 0.739. The summed E-state index contributed by atoms with van der Waals surface area (Å²) in [7, 11) is 0. The van der Waals surface area contributed by atoms with E-state index in [4.69, 9.17) is 0 Å². The highest BCUT2D eigenvalue weighted by atomic mass is 32.1. The van der Waals surface area contributed by atoms with Crippen LogP contribution in [-0.4, -0.2) is 22.0 Å². The average molecular weight is 352 g/mol. The molecule has 0 bridgehead atoms. The van der Waals surface area contributed by atoms with Crippen molar-refractivity contribution in [3.63, 3.8) is 0 Å². The van der Waals surface area contributed by atoms with E-state index in [1.54, 1.807) is 12.1 Å². The monoisotopic (exact) mass is 352 g/mol. The Hall–Kier alpha value is -3.06. The average Bonchev–Trinajstić information content (AvgIpc) is 3.11. The van der Waals surface area contributed by atoms with Gasteiger partial charge in [-0.2, -0.15) is 0 Å². The molecular formula is C18H16N4O2S. The molecule has 6 nitrogen and oxygen atoms in total. The Morgan fingerprint density at radius 3 is 2.40 bits per heavy atom. The van der Waals surface area contributed by atoms with Crippen LogP contribution in [0.2, 0.25) is 0 Å². The fourth-order valence-corrected chi connectivity index (χ4v) is 2.85. The fourth-order valence-electron chi connectivity index (χ4n) is 2.19. The summed E-state index contributed by atoms with van der Waals surface area (Å²) in [5.41, 5.74) is 2.79. The number of benzene rings is 2. The highest BCUT2D eigenvalue weighted by Crippen LogP contribution is 2.13. The van der Waals surface area contributed by atoms with Gasteiger partial charge in [-0.25, -0.2) is 0 Å². The first-order valence-corrected chi connectivity index (χ1v) is 8.47. The van der Waals surface area contributed by atoms with E-state index in [1.807, 2.05) is 49.4 Å². The van der Waals surface area contributed by atoms with E-state index >= 15 is 0 Å². The van der Waals surface area contributed by atoms with Crippen molar-refractivity contribution in [2.45, 2.75) is 13.5 Å². The predicted octanol–water partition coefficient (Wildman–Crippen LogP) is 3.03. The molecule has 0 atom stereocenters. The largest absolute Gasteiger partial charge is 0.346 e. The number of hydrogen-bond acceptors (Lipinski definition) is 5. The fraction of sp³-hybridized carbons (Fsp3) is 0.111. The SMILES string of the molecule is Cc1cccc(CNC(=O)c2nnc(C(=O)Nc3ccccc3)s2)c1. The summed E-state index contributed by atoms with van der Waals surface area (Å²) >= 11 is 0.960. The van der Waals surface area contributed by atoms with Crippen molar-refractivity contribution in [1.29, 1.82) is 0 Å². The topological polar surface area (TPSA) is 84.0 Å². The second-order valence-electron chi connectivity index (χ2n) is 5.40. The molecule has 0 saturated heterocycles. The molecule has 2 amide bonds. The minimum atomic E-state index is -0.388. The molecule has 1 heterocycles. The van der Waals surface area contributed by atoms with Crippen molar-refractivity contribution in [2.75, 3.05) is 5.32 Å². The van der Waals surface area contributed by atoms with Crippen molar-refractivity contribution in [1.82, 2.24) is 15.5 Å². The first-order valence-electron chi connectivity index (χ1n) is 7.65. The van der Waals surface area contributed by atoms with Crippen LogP contribution < -0.4 is 10.6 Å². The summed E-state index contributed by atoms with van der Waals surface area (Å²) in [5.74, 6) is -0.737. The lowest BCUT2D eigenvalue weighted by Gasteiger charge is -2.03. The van der Waals surface area contributed by atoms with Gasteiger partial charge in [0.1, 0.15) is 0 Å². The van der Waals surface area contributed by atoms with Crippen molar-refractivity contribution in [3.05, 3.63) is 75.7 Å². The summed E-state index contributed by atoms with van der Waals surface area (Å²) in [6, 6.07) is 16.9.